The number of carbonyl (C=O) groups is 1. The summed E-state index contributed by atoms with van der Waals surface area (Å²) in [5.41, 5.74) is -0.647. The van der Waals surface area contributed by atoms with Gasteiger partial charge in [0.15, 0.2) is 0 Å². The second kappa shape index (κ2) is 4.74. The fraction of sp³-hybridized carbons (Fsp3) is 0.923. The minimum absolute atomic E-state index is 0.155. The first-order chi connectivity index (χ1) is 8.75. The molecular formula is C13H24N2O3S. The maximum atomic E-state index is 12.4. The molecule has 2 fully saturated rings. The van der Waals surface area contributed by atoms with E-state index in [2.05, 4.69) is 4.72 Å². The second-order valence-electron chi connectivity index (χ2n) is 6.36. The third kappa shape index (κ3) is 2.52. The van der Waals surface area contributed by atoms with Gasteiger partial charge in [-0.3, -0.25) is 4.79 Å². The number of carbonyl (C=O) groups excluding carboxylic acids is 1. The second-order valence-corrected chi connectivity index (χ2v) is 8.03. The molecule has 1 saturated carbocycles. The van der Waals surface area contributed by atoms with Gasteiger partial charge in [0.25, 0.3) is 0 Å². The van der Waals surface area contributed by atoms with Crippen LogP contribution in [0.5, 0.6) is 0 Å². The smallest absolute Gasteiger partial charge is 0.273 e. The molecule has 110 valence electrons. The summed E-state index contributed by atoms with van der Waals surface area (Å²) in [5, 5.41) is 0. The quantitative estimate of drug-likeness (QED) is 0.836. The van der Waals surface area contributed by atoms with Gasteiger partial charge in [0.05, 0.1) is 5.41 Å². The van der Waals surface area contributed by atoms with Crippen LogP contribution in [-0.2, 0) is 15.0 Å². The Morgan fingerprint density at radius 3 is 2.21 bits per heavy atom. The lowest BCUT2D eigenvalue weighted by Gasteiger charge is -2.33. The van der Waals surface area contributed by atoms with Crippen LogP contribution in [0, 0.1) is 10.8 Å². The molecule has 0 atom stereocenters. The summed E-state index contributed by atoms with van der Waals surface area (Å²) in [6.45, 7) is 7.17. The van der Waals surface area contributed by atoms with E-state index in [1.165, 1.54) is 4.31 Å². The van der Waals surface area contributed by atoms with Gasteiger partial charge in [-0.15, -0.1) is 0 Å². The Hall–Kier alpha value is -0.620. The Balaban J connectivity index is 2.10. The van der Waals surface area contributed by atoms with Crippen LogP contribution >= 0.6 is 0 Å². The highest BCUT2D eigenvalue weighted by Crippen LogP contribution is 2.60. The highest BCUT2D eigenvalue weighted by Gasteiger charge is 2.59. The molecule has 1 aliphatic heterocycles. The van der Waals surface area contributed by atoms with Crippen molar-refractivity contribution < 1.29 is 13.2 Å². The van der Waals surface area contributed by atoms with Crippen LogP contribution < -0.4 is 4.72 Å². The summed E-state index contributed by atoms with van der Waals surface area (Å²) in [7, 11) is -3.64. The predicted molar refractivity (Wildman–Crippen MR) is 73.6 cm³/mol. The monoisotopic (exact) mass is 288 g/mol. The molecule has 1 amide bonds. The van der Waals surface area contributed by atoms with Crippen LogP contribution in [0.25, 0.3) is 0 Å². The topological polar surface area (TPSA) is 66.5 Å². The van der Waals surface area contributed by atoms with Crippen molar-refractivity contribution in [3.63, 3.8) is 0 Å². The van der Waals surface area contributed by atoms with Crippen molar-refractivity contribution in [1.29, 1.82) is 0 Å². The number of nitrogens with one attached hydrogen (secondary N) is 1. The van der Waals surface area contributed by atoms with Gasteiger partial charge in [-0.25, -0.2) is 4.72 Å². The molecule has 5 nitrogen and oxygen atoms in total. The van der Waals surface area contributed by atoms with E-state index >= 15 is 0 Å². The van der Waals surface area contributed by atoms with E-state index in [9.17, 15) is 13.2 Å². The van der Waals surface area contributed by atoms with Gasteiger partial charge in [0.2, 0.25) is 5.91 Å². The molecule has 1 saturated heterocycles. The van der Waals surface area contributed by atoms with Crippen molar-refractivity contribution >= 4 is 16.1 Å². The summed E-state index contributed by atoms with van der Waals surface area (Å²) < 4.78 is 27.9. The van der Waals surface area contributed by atoms with Gasteiger partial charge >= 0.3 is 10.2 Å². The lowest BCUT2D eigenvalue weighted by molar-refractivity contribution is -0.128. The lowest BCUT2D eigenvalue weighted by Crippen LogP contribution is -2.48. The molecule has 1 heterocycles. The molecule has 6 heteroatoms. The first-order valence-corrected chi connectivity index (χ1v) is 8.51. The zero-order chi connectivity index (χ0) is 14.3. The molecule has 0 radical (unpaired) electrons. The minimum Gasteiger partial charge on any atom is -0.273 e. The van der Waals surface area contributed by atoms with Gasteiger partial charge in [-0.05, 0) is 37.5 Å². The Labute approximate surface area is 115 Å². The Kier molecular flexibility index (Phi) is 3.68. The predicted octanol–water partition coefficient (Wildman–Crippen LogP) is 1.66. The van der Waals surface area contributed by atoms with Crippen LogP contribution in [0.15, 0.2) is 0 Å². The molecule has 2 aliphatic rings. The lowest BCUT2D eigenvalue weighted by atomic mass is 9.73. The zero-order valence-electron chi connectivity index (χ0n) is 12.0. The summed E-state index contributed by atoms with van der Waals surface area (Å²) >= 11 is 0. The Morgan fingerprint density at radius 1 is 1.26 bits per heavy atom. The molecule has 19 heavy (non-hydrogen) atoms. The fourth-order valence-electron chi connectivity index (χ4n) is 2.88. The standard InChI is InChI=1S/C13H24N2O3S/c1-4-12(2,3)13(7-8-13)11(16)14-19(17,18)15-9-5-6-10-15/h4-10H2,1-3H3,(H,14,16). The van der Waals surface area contributed by atoms with Crippen LogP contribution in [0.1, 0.15) is 52.9 Å². The van der Waals surface area contributed by atoms with E-state index in [0.29, 0.717) is 13.1 Å². The van der Waals surface area contributed by atoms with Crippen molar-refractivity contribution in [3.05, 3.63) is 0 Å². The fourth-order valence-corrected chi connectivity index (χ4v) is 4.18. The summed E-state index contributed by atoms with van der Waals surface area (Å²) in [4.78, 5) is 12.4. The average molecular weight is 288 g/mol. The molecule has 2 rings (SSSR count). The highest BCUT2D eigenvalue weighted by atomic mass is 32.2. The van der Waals surface area contributed by atoms with E-state index in [-0.39, 0.29) is 11.3 Å². The van der Waals surface area contributed by atoms with E-state index in [1.807, 2.05) is 20.8 Å². The molecular weight excluding hydrogens is 264 g/mol. The third-order valence-corrected chi connectivity index (χ3v) is 6.48. The molecule has 0 bridgehead atoms. The van der Waals surface area contributed by atoms with Crippen LogP contribution in [0.4, 0.5) is 0 Å². The van der Waals surface area contributed by atoms with E-state index < -0.39 is 15.6 Å². The van der Waals surface area contributed by atoms with E-state index in [4.69, 9.17) is 0 Å². The molecule has 0 aromatic carbocycles. The van der Waals surface area contributed by atoms with E-state index in [0.717, 1.165) is 32.1 Å². The number of hydrogen-bond donors (Lipinski definition) is 1. The minimum atomic E-state index is -3.64. The van der Waals surface area contributed by atoms with Gasteiger partial charge < -0.3 is 0 Å². The van der Waals surface area contributed by atoms with Crippen LogP contribution in [-0.4, -0.2) is 31.7 Å². The van der Waals surface area contributed by atoms with Crippen molar-refractivity contribution in [2.24, 2.45) is 10.8 Å². The highest BCUT2D eigenvalue weighted by molar-refractivity contribution is 7.87. The van der Waals surface area contributed by atoms with Gasteiger partial charge in [0, 0.05) is 13.1 Å². The zero-order valence-corrected chi connectivity index (χ0v) is 12.8. The molecule has 0 unspecified atom stereocenters. The SMILES string of the molecule is CCC(C)(C)C1(C(=O)NS(=O)(=O)N2CCCC2)CC1. The first kappa shape index (κ1) is 14.8. The van der Waals surface area contributed by atoms with Gasteiger partial charge in [-0.1, -0.05) is 20.8 Å². The molecule has 0 aromatic heterocycles. The van der Waals surface area contributed by atoms with Gasteiger partial charge in [0.1, 0.15) is 0 Å². The van der Waals surface area contributed by atoms with Crippen molar-refractivity contribution in [1.82, 2.24) is 9.03 Å². The van der Waals surface area contributed by atoms with Crippen LogP contribution in [0.3, 0.4) is 0 Å². The third-order valence-electron chi connectivity index (χ3n) is 4.99. The largest absolute Gasteiger partial charge is 0.303 e. The first-order valence-electron chi connectivity index (χ1n) is 7.07. The summed E-state index contributed by atoms with van der Waals surface area (Å²) in [5.74, 6) is -0.314. The maximum Gasteiger partial charge on any atom is 0.303 e. The maximum absolute atomic E-state index is 12.4. The molecule has 0 aromatic rings. The molecule has 1 N–H and O–H groups in total. The van der Waals surface area contributed by atoms with E-state index in [1.54, 1.807) is 0 Å². The van der Waals surface area contributed by atoms with Crippen molar-refractivity contribution in [2.75, 3.05) is 13.1 Å². The van der Waals surface area contributed by atoms with Crippen molar-refractivity contribution in [3.8, 4) is 0 Å². The van der Waals surface area contributed by atoms with Crippen molar-refractivity contribution in [2.45, 2.75) is 52.9 Å². The van der Waals surface area contributed by atoms with Gasteiger partial charge in [-0.2, -0.15) is 12.7 Å². The number of hydrogen-bond acceptors (Lipinski definition) is 3. The number of amides is 1. The average Bonchev–Trinajstić information content (AvgIpc) is 2.97. The normalized spacial score (nSPS) is 23.3. The molecule has 1 aliphatic carbocycles. The van der Waals surface area contributed by atoms with Crippen LogP contribution in [0.2, 0.25) is 0 Å². The molecule has 0 spiro atoms. The Bertz CT molecular complexity index is 460. The summed E-state index contributed by atoms with van der Waals surface area (Å²) in [6, 6.07) is 0. The Morgan fingerprint density at radius 2 is 1.79 bits per heavy atom. The number of rotatable bonds is 5. The number of nitrogens with zero attached hydrogens (tertiary/aromatic N) is 1. The summed E-state index contributed by atoms with van der Waals surface area (Å²) in [6.07, 6.45) is 4.19.